The first-order valence-electron chi connectivity index (χ1n) is 8.16. The highest BCUT2D eigenvalue weighted by Gasteiger charge is 2.09. The molecule has 0 atom stereocenters. The van der Waals surface area contributed by atoms with Crippen LogP contribution in [0.15, 0.2) is 74.5 Å². The second-order valence-corrected chi connectivity index (χ2v) is 7.16. The van der Waals surface area contributed by atoms with Gasteiger partial charge >= 0.3 is 0 Å². The SMILES string of the molecule is COc1ccc(C=Nc2ccc3nc(-c4cccc(Br)c4)oc3c2)cc1Cl. The fourth-order valence-corrected chi connectivity index (χ4v) is 3.32. The number of rotatable bonds is 4. The fourth-order valence-electron chi connectivity index (χ4n) is 2.65. The van der Waals surface area contributed by atoms with E-state index in [2.05, 4.69) is 25.9 Å². The van der Waals surface area contributed by atoms with Crippen molar-refractivity contribution >= 4 is 50.5 Å². The first-order valence-corrected chi connectivity index (χ1v) is 9.33. The maximum Gasteiger partial charge on any atom is 0.227 e. The first-order chi connectivity index (χ1) is 13.1. The predicted octanol–water partition coefficient (Wildman–Crippen LogP) is 6.67. The zero-order valence-corrected chi connectivity index (χ0v) is 16.7. The molecular formula is C21H14BrClN2O2. The summed E-state index contributed by atoms with van der Waals surface area (Å²) in [5.74, 6) is 1.21. The van der Waals surface area contributed by atoms with Crippen LogP contribution in [0.5, 0.6) is 5.75 Å². The van der Waals surface area contributed by atoms with Crippen LogP contribution >= 0.6 is 27.5 Å². The Hall–Kier alpha value is -2.63. The molecule has 0 unspecified atom stereocenters. The van der Waals surface area contributed by atoms with Gasteiger partial charge in [-0.2, -0.15) is 0 Å². The van der Waals surface area contributed by atoms with Crippen LogP contribution in [0.25, 0.3) is 22.6 Å². The molecule has 3 aromatic carbocycles. The molecule has 0 bridgehead atoms. The zero-order chi connectivity index (χ0) is 18.8. The molecule has 1 aromatic heterocycles. The van der Waals surface area contributed by atoms with Gasteiger partial charge in [0.25, 0.3) is 0 Å². The summed E-state index contributed by atoms with van der Waals surface area (Å²) in [6, 6.07) is 19.0. The predicted molar refractivity (Wildman–Crippen MR) is 112 cm³/mol. The van der Waals surface area contributed by atoms with Gasteiger partial charge in [-0.25, -0.2) is 4.98 Å². The van der Waals surface area contributed by atoms with Crippen molar-refractivity contribution in [1.29, 1.82) is 0 Å². The molecule has 0 saturated carbocycles. The third-order valence-corrected chi connectivity index (χ3v) is 4.77. The molecular weight excluding hydrogens is 428 g/mol. The third-order valence-electron chi connectivity index (χ3n) is 3.98. The average molecular weight is 442 g/mol. The van der Waals surface area contributed by atoms with Crippen LogP contribution in [0.4, 0.5) is 5.69 Å². The van der Waals surface area contributed by atoms with Crippen molar-refractivity contribution in [2.45, 2.75) is 0 Å². The van der Waals surface area contributed by atoms with Gasteiger partial charge in [-0.05, 0) is 54.1 Å². The lowest BCUT2D eigenvalue weighted by molar-refractivity contribution is 0.415. The number of hydrogen-bond acceptors (Lipinski definition) is 4. The molecule has 0 aliphatic rings. The fraction of sp³-hybridized carbons (Fsp3) is 0.0476. The summed E-state index contributed by atoms with van der Waals surface area (Å²) in [6.45, 7) is 0. The van der Waals surface area contributed by atoms with Crippen molar-refractivity contribution in [3.8, 4) is 17.2 Å². The summed E-state index contributed by atoms with van der Waals surface area (Å²) in [5.41, 5.74) is 4.04. The van der Waals surface area contributed by atoms with E-state index in [0.29, 0.717) is 22.2 Å². The Kier molecular flexibility index (Phi) is 4.97. The number of hydrogen-bond donors (Lipinski definition) is 0. The molecule has 4 nitrogen and oxygen atoms in total. The van der Waals surface area contributed by atoms with E-state index in [9.17, 15) is 0 Å². The Labute approximate surface area is 169 Å². The van der Waals surface area contributed by atoms with E-state index in [4.69, 9.17) is 20.8 Å². The standard InChI is InChI=1S/C21H14BrClN2O2/c1-26-19-8-5-13(9-17(19)23)12-24-16-6-7-18-20(11-16)27-21(25-18)14-3-2-4-15(22)10-14/h2-12H,1H3. The van der Waals surface area contributed by atoms with E-state index >= 15 is 0 Å². The Morgan fingerprint density at radius 2 is 2.00 bits per heavy atom. The second-order valence-electron chi connectivity index (χ2n) is 5.83. The van der Waals surface area contributed by atoms with Gasteiger partial charge in [0.15, 0.2) is 5.58 Å². The van der Waals surface area contributed by atoms with Crippen LogP contribution in [-0.4, -0.2) is 18.3 Å². The van der Waals surface area contributed by atoms with Crippen molar-refractivity contribution in [3.05, 3.63) is 75.7 Å². The smallest absolute Gasteiger partial charge is 0.227 e. The monoisotopic (exact) mass is 440 g/mol. The molecule has 134 valence electrons. The first kappa shape index (κ1) is 17.8. The maximum absolute atomic E-state index is 6.15. The van der Waals surface area contributed by atoms with Crippen LogP contribution < -0.4 is 4.74 Å². The Bertz CT molecular complexity index is 1150. The molecule has 0 amide bonds. The minimum Gasteiger partial charge on any atom is -0.495 e. The number of fused-ring (bicyclic) bond motifs is 1. The number of nitrogens with zero attached hydrogens (tertiary/aromatic N) is 2. The van der Waals surface area contributed by atoms with Gasteiger partial charge < -0.3 is 9.15 Å². The highest BCUT2D eigenvalue weighted by atomic mass is 79.9. The van der Waals surface area contributed by atoms with E-state index in [1.54, 1.807) is 13.3 Å². The molecule has 0 radical (unpaired) electrons. The van der Waals surface area contributed by atoms with Crippen molar-refractivity contribution in [2.24, 2.45) is 4.99 Å². The van der Waals surface area contributed by atoms with Gasteiger partial charge in [-0.3, -0.25) is 4.99 Å². The lowest BCUT2D eigenvalue weighted by Crippen LogP contribution is -1.86. The van der Waals surface area contributed by atoms with Crippen LogP contribution in [0.1, 0.15) is 5.56 Å². The van der Waals surface area contributed by atoms with E-state index in [1.807, 2.05) is 60.7 Å². The van der Waals surface area contributed by atoms with E-state index in [-0.39, 0.29) is 0 Å². The summed E-state index contributed by atoms with van der Waals surface area (Å²) in [5, 5.41) is 0.547. The van der Waals surface area contributed by atoms with Gasteiger partial charge in [-0.1, -0.05) is 33.6 Å². The Morgan fingerprint density at radius 3 is 2.78 bits per heavy atom. The molecule has 4 rings (SSSR count). The van der Waals surface area contributed by atoms with Crippen LogP contribution in [-0.2, 0) is 0 Å². The number of aliphatic imine (C=N–C) groups is 1. The molecule has 6 heteroatoms. The Morgan fingerprint density at radius 1 is 1.11 bits per heavy atom. The lowest BCUT2D eigenvalue weighted by Gasteiger charge is -2.02. The molecule has 4 aromatic rings. The van der Waals surface area contributed by atoms with Gasteiger partial charge in [0.1, 0.15) is 11.3 Å². The molecule has 0 aliphatic heterocycles. The lowest BCUT2D eigenvalue weighted by atomic mass is 10.2. The highest BCUT2D eigenvalue weighted by Crippen LogP contribution is 2.29. The zero-order valence-electron chi connectivity index (χ0n) is 14.3. The molecule has 0 N–H and O–H groups in total. The molecule has 1 heterocycles. The number of benzene rings is 3. The Balaban J connectivity index is 1.62. The summed E-state index contributed by atoms with van der Waals surface area (Å²) in [6.07, 6.45) is 1.75. The molecule has 0 fully saturated rings. The second kappa shape index (κ2) is 7.55. The third kappa shape index (κ3) is 3.89. The van der Waals surface area contributed by atoms with Gasteiger partial charge in [-0.15, -0.1) is 0 Å². The van der Waals surface area contributed by atoms with E-state index in [0.717, 1.165) is 26.8 Å². The number of oxazole rings is 1. The molecule has 0 saturated heterocycles. The quantitative estimate of drug-likeness (QED) is 0.332. The van der Waals surface area contributed by atoms with E-state index in [1.165, 1.54) is 0 Å². The van der Waals surface area contributed by atoms with Crippen molar-refractivity contribution in [3.63, 3.8) is 0 Å². The molecule has 27 heavy (non-hydrogen) atoms. The van der Waals surface area contributed by atoms with Gasteiger partial charge in [0.05, 0.1) is 17.8 Å². The molecule has 0 aliphatic carbocycles. The van der Waals surface area contributed by atoms with Crippen LogP contribution in [0.3, 0.4) is 0 Å². The van der Waals surface area contributed by atoms with E-state index < -0.39 is 0 Å². The van der Waals surface area contributed by atoms with Crippen molar-refractivity contribution < 1.29 is 9.15 Å². The number of aromatic nitrogens is 1. The normalized spacial score (nSPS) is 11.4. The minimum atomic E-state index is 0.547. The number of methoxy groups -OCH3 is 1. The topological polar surface area (TPSA) is 47.6 Å². The highest BCUT2D eigenvalue weighted by molar-refractivity contribution is 9.10. The number of halogens is 2. The minimum absolute atomic E-state index is 0.547. The van der Waals surface area contributed by atoms with Crippen LogP contribution in [0, 0.1) is 0 Å². The largest absolute Gasteiger partial charge is 0.495 e. The number of ether oxygens (including phenoxy) is 1. The van der Waals surface area contributed by atoms with Gasteiger partial charge in [0.2, 0.25) is 5.89 Å². The van der Waals surface area contributed by atoms with Crippen LogP contribution in [0.2, 0.25) is 5.02 Å². The maximum atomic E-state index is 6.15. The summed E-state index contributed by atoms with van der Waals surface area (Å²) in [7, 11) is 1.59. The average Bonchev–Trinajstić information content (AvgIpc) is 3.10. The summed E-state index contributed by atoms with van der Waals surface area (Å²) >= 11 is 9.61. The summed E-state index contributed by atoms with van der Waals surface area (Å²) in [4.78, 5) is 9.04. The van der Waals surface area contributed by atoms with Gasteiger partial charge in [0, 0.05) is 22.3 Å². The van der Waals surface area contributed by atoms with Crippen molar-refractivity contribution in [2.75, 3.05) is 7.11 Å². The molecule has 0 spiro atoms. The summed E-state index contributed by atoms with van der Waals surface area (Å²) < 4.78 is 12.0. The van der Waals surface area contributed by atoms with Crippen molar-refractivity contribution in [1.82, 2.24) is 4.98 Å².